The lowest BCUT2D eigenvalue weighted by Gasteiger charge is -2.23. The first-order chi connectivity index (χ1) is 13.1. The van der Waals surface area contributed by atoms with E-state index in [1.54, 1.807) is 0 Å². The highest BCUT2D eigenvalue weighted by Crippen LogP contribution is 2.24. The fourth-order valence-corrected chi connectivity index (χ4v) is 4.45. The molecule has 0 amide bonds. The molecule has 1 saturated carbocycles. The molecule has 146 valence electrons. The van der Waals surface area contributed by atoms with Crippen LogP contribution in [-0.4, -0.2) is 33.8 Å². The Balaban J connectivity index is 1.48. The normalized spacial score (nSPS) is 20.9. The standard InChI is InChI=1S/C20H29N5S2/c1-3-18-13-21-20(27-18)23-17-11-9-15(10-12-17)14(2)24-25-19(26)22-16-7-5-4-6-8-16/h9-12,16,18H,3-8,13H2,1-2H3,(H,21,23)(H2,22,25,26)/b24-14-/t18-/m0/s1. The molecule has 0 radical (unpaired) electrons. The number of nitrogens with zero attached hydrogens (tertiary/aromatic N) is 2. The van der Waals surface area contributed by atoms with E-state index in [0.717, 1.165) is 35.1 Å². The smallest absolute Gasteiger partial charge is 0.187 e. The number of thioether (sulfide) groups is 1. The number of anilines is 1. The van der Waals surface area contributed by atoms with Crippen molar-refractivity contribution in [1.29, 1.82) is 0 Å². The van der Waals surface area contributed by atoms with Gasteiger partial charge < -0.3 is 10.6 Å². The van der Waals surface area contributed by atoms with Gasteiger partial charge in [-0.15, -0.1) is 0 Å². The minimum atomic E-state index is 0.489. The second-order valence-corrected chi connectivity index (χ2v) is 8.81. The summed E-state index contributed by atoms with van der Waals surface area (Å²) in [6.45, 7) is 5.10. The lowest BCUT2D eigenvalue weighted by atomic mass is 9.96. The maximum absolute atomic E-state index is 5.37. The van der Waals surface area contributed by atoms with Crippen LogP contribution < -0.4 is 16.1 Å². The van der Waals surface area contributed by atoms with Gasteiger partial charge in [0.1, 0.15) is 0 Å². The minimum Gasteiger partial charge on any atom is -0.359 e. The number of hydrogen-bond acceptors (Lipinski definition) is 5. The van der Waals surface area contributed by atoms with Crippen molar-refractivity contribution in [3.8, 4) is 0 Å². The number of nitrogens with one attached hydrogen (secondary N) is 3. The van der Waals surface area contributed by atoms with Crippen molar-refractivity contribution in [2.24, 2.45) is 10.1 Å². The predicted molar refractivity (Wildman–Crippen MR) is 122 cm³/mol. The molecule has 0 bridgehead atoms. The molecule has 1 aliphatic carbocycles. The monoisotopic (exact) mass is 403 g/mol. The van der Waals surface area contributed by atoms with Gasteiger partial charge in [0.25, 0.3) is 0 Å². The van der Waals surface area contributed by atoms with E-state index in [1.807, 2.05) is 18.7 Å². The topological polar surface area (TPSA) is 60.8 Å². The number of thiocarbonyl (C=S) groups is 1. The summed E-state index contributed by atoms with van der Waals surface area (Å²) in [4.78, 5) is 4.55. The van der Waals surface area contributed by atoms with E-state index in [2.05, 4.69) is 57.3 Å². The Kier molecular flexibility index (Phi) is 7.52. The summed E-state index contributed by atoms with van der Waals surface area (Å²) in [7, 11) is 0. The van der Waals surface area contributed by atoms with Crippen LogP contribution in [0.15, 0.2) is 34.4 Å². The van der Waals surface area contributed by atoms with Crippen LogP contribution in [0.3, 0.4) is 0 Å². The van der Waals surface area contributed by atoms with Gasteiger partial charge in [0.15, 0.2) is 10.3 Å². The molecular formula is C20H29N5S2. The van der Waals surface area contributed by atoms with Crippen molar-refractivity contribution in [3.05, 3.63) is 29.8 Å². The molecule has 1 heterocycles. The zero-order valence-corrected chi connectivity index (χ0v) is 17.8. The third-order valence-electron chi connectivity index (χ3n) is 4.99. The fraction of sp³-hybridized carbons (Fsp3) is 0.550. The molecule has 3 rings (SSSR count). The molecule has 1 fully saturated rings. The molecule has 7 heteroatoms. The molecule has 2 aliphatic rings. The van der Waals surface area contributed by atoms with E-state index >= 15 is 0 Å². The van der Waals surface area contributed by atoms with Crippen LogP contribution in [0.1, 0.15) is 57.9 Å². The first-order valence-electron chi connectivity index (χ1n) is 9.83. The molecule has 1 aromatic carbocycles. The number of amidine groups is 1. The zero-order valence-electron chi connectivity index (χ0n) is 16.1. The van der Waals surface area contributed by atoms with E-state index < -0.39 is 0 Å². The van der Waals surface area contributed by atoms with Crippen molar-refractivity contribution in [2.75, 3.05) is 11.9 Å². The van der Waals surface area contributed by atoms with Crippen LogP contribution in [0, 0.1) is 0 Å². The molecular weight excluding hydrogens is 374 g/mol. The summed E-state index contributed by atoms with van der Waals surface area (Å²) in [5.41, 5.74) is 6.02. The number of aliphatic imine (C=N–C) groups is 1. The van der Waals surface area contributed by atoms with Gasteiger partial charge in [-0.25, -0.2) is 0 Å². The quantitative estimate of drug-likeness (QED) is 0.384. The van der Waals surface area contributed by atoms with E-state index in [0.29, 0.717) is 16.4 Å². The summed E-state index contributed by atoms with van der Waals surface area (Å²) in [5.74, 6) is 0. The third kappa shape index (κ3) is 6.21. The van der Waals surface area contributed by atoms with Crippen LogP contribution in [0.5, 0.6) is 0 Å². The van der Waals surface area contributed by atoms with Crippen LogP contribution in [0.4, 0.5) is 5.69 Å². The van der Waals surface area contributed by atoms with Gasteiger partial charge in [-0.3, -0.25) is 10.4 Å². The predicted octanol–water partition coefficient (Wildman–Crippen LogP) is 4.50. The van der Waals surface area contributed by atoms with E-state index in [-0.39, 0.29) is 0 Å². The molecule has 1 aromatic rings. The van der Waals surface area contributed by atoms with Crippen molar-refractivity contribution in [2.45, 2.75) is 63.7 Å². The van der Waals surface area contributed by atoms with E-state index in [1.165, 1.54) is 32.1 Å². The fourth-order valence-electron chi connectivity index (χ4n) is 3.28. The maximum atomic E-state index is 5.37. The molecule has 0 saturated heterocycles. The van der Waals surface area contributed by atoms with E-state index in [4.69, 9.17) is 12.2 Å². The second kappa shape index (κ2) is 10.1. The average molecular weight is 404 g/mol. The number of hydrogen-bond donors (Lipinski definition) is 3. The van der Waals surface area contributed by atoms with Crippen LogP contribution in [0.2, 0.25) is 0 Å². The molecule has 27 heavy (non-hydrogen) atoms. The Hall–Kier alpha value is -1.60. The van der Waals surface area contributed by atoms with Gasteiger partial charge >= 0.3 is 0 Å². The Morgan fingerprint density at radius 3 is 2.63 bits per heavy atom. The largest absolute Gasteiger partial charge is 0.359 e. The van der Waals surface area contributed by atoms with Crippen LogP contribution >= 0.6 is 24.0 Å². The van der Waals surface area contributed by atoms with Crippen LogP contribution in [-0.2, 0) is 0 Å². The minimum absolute atomic E-state index is 0.489. The first-order valence-corrected chi connectivity index (χ1v) is 11.1. The van der Waals surface area contributed by atoms with Gasteiger partial charge in [0.2, 0.25) is 0 Å². The van der Waals surface area contributed by atoms with Gasteiger partial charge in [-0.05, 0) is 56.1 Å². The highest BCUT2D eigenvalue weighted by molar-refractivity contribution is 8.15. The van der Waals surface area contributed by atoms with Crippen molar-refractivity contribution >= 4 is 45.7 Å². The summed E-state index contributed by atoms with van der Waals surface area (Å²) in [5, 5.41) is 13.4. The summed E-state index contributed by atoms with van der Waals surface area (Å²) >= 11 is 7.19. The van der Waals surface area contributed by atoms with Gasteiger partial charge in [-0.1, -0.05) is 50.1 Å². The molecule has 5 nitrogen and oxygen atoms in total. The number of rotatable bonds is 5. The molecule has 0 aromatic heterocycles. The zero-order chi connectivity index (χ0) is 19.1. The average Bonchev–Trinajstić information content (AvgIpc) is 3.15. The SMILES string of the molecule is CC[C@H]1CN=C(Nc2ccc(/C(C)=N\NC(=S)NC3CCCCC3)cc2)S1. The Labute approximate surface area is 171 Å². The van der Waals surface area contributed by atoms with Gasteiger partial charge in [0, 0.05) is 17.0 Å². The summed E-state index contributed by atoms with van der Waals surface area (Å²) in [6, 6.07) is 8.75. The van der Waals surface area contributed by atoms with Gasteiger partial charge in [0.05, 0.1) is 12.3 Å². The van der Waals surface area contributed by atoms with Crippen molar-refractivity contribution in [1.82, 2.24) is 10.7 Å². The summed E-state index contributed by atoms with van der Waals surface area (Å²) in [6.07, 6.45) is 7.45. The second-order valence-electron chi connectivity index (χ2n) is 7.11. The first kappa shape index (κ1) is 20.1. The Morgan fingerprint density at radius 1 is 1.22 bits per heavy atom. The molecule has 3 N–H and O–H groups in total. The highest BCUT2D eigenvalue weighted by Gasteiger charge is 2.17. The lowest BCUT2D eigenvalue weighted by Crippen LogP contribution is -2.41. The number of hydrazone groups is 1. The highest BCUT2D eigenvalue weighted by atomic mass is 32.2. The van der Waals surface area contributed by atoms with Gasteiger partial charge in [-0.2, -0.15) is 5.10 Å². The Bertz CT molecular complexity index is 693. The molecule has 0 unspecified atom stereocenters. The lowest BCUT2D eigenvalue weighted by molar-refractivity contribution is 0.412. The molecule has 1 aliphatic heterocycles. The molecule has 1 atom stereocenters. The summed E-state index contributed by atoms with van der Waals surface area (Å²) < 4.78 is 0. The van der Waals surface area contributed by atoms with E-state index in [9.17, 15) is 0 Å². The maximum Gasteiger partial charge on any atom is 0.187 e. The Morgan fingerprint density at radius 2 is 1.96 bits per heavy atom. The van der Waals surface area contributed by atoms with Crippen LogP contribution in [0.25, 0.3) is 0 Å². The molecule has 0 spiro atoms. The van der Waals surface area contributed by atoms with Crippen molar-refractivity contribution in [3.63, 3.8) is 0 Å². The van der Waals surface area contributed by atoms with Crippen molar-refractivity contribution < 1.29 is 0 Å². The third-order valence-corrected chi connectivity index (χ3v) is 6.47. The number of benzene rings is 1.